The van der Waals surface area contributed by atoms with E-state index in [1.807, 2.05) is 25.7 Å². The highest BCUT2D eigenvalue weighted by Crippen LogP contribution is 2.14. The smallest absolute Gasteiger partial charge is 0.330 e. The van der Waals surface area contributed by atoms with Crippen LogP contribution in [0.2, 0.25) is 0 Å². The Labute approximate surface area is 159 Å². The first-order chi connectivity index (χ1) is 12.4. The van der Waals surface area contributed by atoms with Gasteiger partial charge in [-0.2, -0.15) is 0 Å². The summed E-state index contributed by atoms with van der Waals surface area (Å²) in [6, 6.07) is 0. The van der Waals surface area contributed by atoms with Crippen LogP contribution in [0, 0.1) is 0 Å². The van der Waals surface area contributed by atoms with Crippen LogP contribution in [0.25, 0.3) is 0 Å². The molecule has 26 heavy (non-hydrogen) atoms. The fraction of sp³-hybridized carbons (Fsp3) is 0.636. The van der Waals surface area contributed by atoms with Gasteiger partial charge in [-0.3, -0.25) is 4.79 Å². The van der Waals surface area contributed by atoms with Crippen LogP contribution in [0.4, 0.5) is 0 Å². The number of esters is 1. The Morgan fingerprint density at radius 1 is 0.923 bits per heavy atom. The molecule has 0 aromatic heterocycles. The van der Waals surface area contributed by atoms with Gasteiger partial charge in [-0.1, -0.05) is 23.3 Å². The molecule has 1 rings (SSSR count). The third kappa shape index (κ3) is 9.02. The predicted molar refractivity (Wildman–Crippen MR) is 107 cm³/mol. The highest BCUT2D eigenvalue weighted by molar-refractivity contribution is 5.92. The highest BCUT2D eigenvalue weighted by atomic mass is 16.5. The summed E-state index contributed by atoms with van der Waals surface area (Å²) in [5, 5.41) is 0. The Bertz CT molecular complexity index is 552. The maximum atomic E-state index is 12.4. The van der Waals surface area contributed by atoms with Crippen LogP contribution in [0.5, 0.6) is 0 Å². The molecule has 1 fully saturated rings. The molecule has 1 amide bonds. The lowest BCUT2D eigenvalue weighted by Gasteiger charge is -2.27. The van der Waals surface area contributed by atoms with E-state index in [1.54, 1.807) is 6.08 Å². The average molecular weight is 362 g/mol. The standard InChI is InChI=1S/C22H35NO3/c1-5-26-21(24)17-19(3)13-9-11-18(2)12-10-14-20(4)22(25)23-15-7-6-8-16-23/h11,14,17H,5-10,12-13,15-16H2,1-4H3/b18-11+,19-17+,20-14+. The van der Waals surface area contributed by atoms with Crippen LogP contribution < -0.4 is 0 Å². The van der Waals surface area contributed by atoms with E-state index < -0.39 is 0 Å². The minimum absolute atomic E-state index is 0.200. The summed E-state index contributed by atoms with van der Waals surface area (Å²) in [6.45, 7) is 10.0. The van der Waals surface area contributed by atoms with Crippen LogP contribution >= 0.6 is 0 Å². The molecule has 1 heterocycles. The molecule has 0 N–H and O–H groups in total. The van der Waals surface area contributed by atoms with Gasteiger partial charge in [0.2, 0.25) is 5.91 Å². The molecule has 0 aromatic carbocycles. The van der Waals surface area contributed by atoms with Gasteiger partial charge in [0.05, 0.1) is 6.61 Å². The summed E-state index contributed by atoms with van der Waals surface area (Å²) in [5.41, 5.74) is 3.23. The van der Waals surface area contributed by atoms with Crippen molar-refractivity contribution in [2.24, 2.45) is 0 Å². The zero-order valence-electron chi connectivity index (χ0n) is 17.0. The number of hydrogen-bond acceptors (Lipinski definition) is 3. The number of likely N-dealkylation sites (tertiary alicyclic amines) is 1. The lowest BCUT2D eigenvalue weighted by atomic mass is 10.1. The molecule has 0 bridgehead atoms. The first-order valence-electron chi connectivity index (χ1n) is 9.89. The van der Waals surface area contributed by atoms with Crippen LogP contribution in [-0.4, -0.2) is 36.5 Å². The van der Waals surface area contributed by atoms with Crippen LogP contribution in [0.1, 0.15) is 72.6 Å². The van der Waals surface area contributed by atoms with E-state index in [1.165, 1.54) is 12.0 Å². The minimum atomic E-state index is -0.260. The van der Waals surface area contributed by atoms with Gasteiger partial charge in [-0.15, -0.1) is 0 Å². The summed E-state index contributed by atoms with van der Waals surface area (Å²) in [5.74, 6) is -0.0595. The van der Waals surface area contributed by atoms with Crippen LogP contribution in [-0.2, 0) is 14.3 Å². The number of piperidine rings is 1. The van der Waals surface area contributed by atoms with E-state index in [-0.39, 0.29) is 11.9 Å². The van der Waals surface area contributed by atoms with Crippen molar-refractivity contribution in [3.8, 4) is 0 Å². The number of amides is 1. The summed E-state index contributed by atoms with van der Waals surface area (Å²) in [6.07, 6.45) is 13.0. The SMILES string of the molecule is CCOC(=O)/C=C(\C)CC/C=C(\C)CC/C=C(\C)C(=O)N1CCCCC1. The second-order valence-electron chi connectivity index (χ2n) is 7.11. The van der Waals surface area contributed by atoms with Crippen molar-refractivity contribution in [1.29, 1.82) is 0 Å². The van der Waals surface area contributed by atoms with E-state index in [0.29, 0.717) is 6.61 Å². The third-order valence-electron chi connectivity index (χ3n) is 4.65. The lowest BCUT2D eigenvalue weighted by molar-refractivity contribution is -0.137. The second kappa shape index (κ2) is 12.5. The Morgan fingerprint density at radius 3 is 2.19 bits per heavy atom. The van der Waals surface area contributed by atoms with E-state index in [2.05, 4.69) is 19.1 Å². The van der Waals surface area contributed by atoms with Crippen LogP contribution in [0.3, 0.4) is 0 Å². The van der Waals surface area contributed by atoms with Crippen molar-refractivity contribution < 1.29 is 14.3 Å². The molecule has 0 atom stereocenters. The molecule has 4 heteroatoms. The summed E-state index contributed by atoms with van der Waals surface area (Å²) in [7, 11) is 0. The van der Waals surface area contributed by atoms with E-state index in [0.717, 1.165) is 62.8 Å². The van der Waals surface area contributed by atoms with Crippen molar-refractivity contribution in [2.45, 2.75) is 72.6 Å². The third-order valence-corrected chi connectivity index (χ3v) is 4.65. The molecule has 0 aliphatic carbocycles. The van der Waals surface area contributed by atoms with Gasteiger partial charge in [-0.05, 0) is 72.6 Å². The molecule has 4 nitrogen and oxygen atoms in total. The number of nitrogens with zero attached hydrogens (tertiary/aromatic N) is 1. The number of allylic oxidation sites excluding steroid dienone is 4. The topological polar surface area (TPSA) is 46.6 Å². The molecule has 1 aliphatic heterocycles. The fourth-order valence-electron chi connectivity index (χ4n) is 3.06. The van der Waals surface area contributed by atoms with E-state index in [4.69, 9.17) is 4.74 Å². The number of ether oxygens (including phenoxy) is 1. The first kappa shape index (κ1) is 22.2. The Morgan fingerprint density at radius 2 is 1.54 bits per heavy atom. The Balaban J connectivity index is 2.33. The zero-order valence-corrected chi connectivity index (χ0v) is 17.0. The molecule has 0 unspecified atom stereocenters. The van der Waals surface area contributed by atoms with Gasteiger partial charge in [-0.25, -0.2) is 4.79 Å². The normalized spacial score (nSPS) is 16.6. The highest BCUT2D eigenvalue weighted by Gasteiger charge is 2.17. The van der Waals surface area contributed by atoms with Crippen LogP contribution in [0.15, 0.2) is 34.9 Å². The number of hydrogen-bond donors (Lipinski definition) is 0. The van der Waals surface area contributed by atoms with Gasteiger partial charge in [0.25, 0.3) is 0 Å². The van der Waals surface area contributed by atoms with E-state index in [9.17, 15) is 9.59 Å². The zero-order chi connectivity index (χ0) is 19.4. The minimum Gasteiger partial charge on any atom is -0.463 e. The summed E-state index contributed by atoms with van der Waals surface area (Å²) < 4.78 is 4.91. The van der Waals surface area contributed by atoms with Gasteiger partial charge in [0.15, 0.2) is 0 Å². The predicted octanol–water partition coefficient (Wildman–Crippen LogP) is 4.96. The molecule has 0 radical (unpaired) electrons. The van der Waals surface area contributed by atoms with Gasteiger partial charge >= 0.3 is 5.97 Å². The first-order valence-corrected chi connectivity index (χ1v) is 9.89. The largest absolute Gasteiger partial charge is 0.463 e. The van der Waals surface area contributed by atoms with Gasteiger partial charge in [0, 0.05) is 24.7 Å². The maximum absolute atomic E-state index is 12.4. The van der Waals surface area contributed by atoms with Crippen molar-refractivity contribution in [3.05, 3.63) is 34.9 Å². The quantitative estimate of drug-likeness (QED) is 0.331. The van der Waals surface area contributed by atoms with Gasteiger partial charge in [0.1, 0.15) is 0 Å². The number of carbonyl (C=O) groups excluding carboxylic acids is 2. The van der Waals surface area contributed by atoms with Gasteiger partial charge < -0.3 is 9.64 Å². The number of carbonyl (C=O) groups is 2. The Kier molecular flexibility index (Phi) is 10.7. The maximum Gasteiger partial charge on any atom is 0.330 e. The fourth-order valence-corrected chi connectivity index (χ4v) is 3.06. The lowest BCUT2D eigenvalue weighted by Crippen LogP contribution is -2.36. The molecular formula is C22H35NO3. The average Bonchev–Trinajstić information content (AvgIpc) is 2.61. The summed E-state index contributed by atoms with van der Waals surface area (Å²) in [4.78, 5) is 25.7. The molecule has 0 saturated carbocycles. The number of rotatable bonds is 9. The Hall–Kier alpha value is -1.84. The van der Waals surface area contributed by atoms with E-state index >= 15 is 0 Å². The van der Waals surface area contributed by atoms with Crippen molar-refractivity contribution in [1.82, 2.24) is 4.90 Å². The molecule has 1 saturated heterocycles. The van der Waals surface area contributed by atoms with Crippen molar-refractivity contribution in [3.63, 3.8) is 0 Å². The molecule has 0 spiro atoms. The van der Waals surface area contributed by atoms with Crippen molar-refractivity contribution >= 4 is 11.9 Å². The second-order valence-corrected chi connectivity index (χ2v) is 7.11. The molecular weight excluding hydrogens is 326 g/mol. The monoisotopic (exact) mass is 361 g/mol. The molecule has 146 valence electrons. The summed E-state index contributed by atoms with van der Waals surface area (Å²) >= 11 is 0. The van der Waals surface area contributed by atoms with Crippen molar-refractivity contribution in [2.75, 3.05) is 19.7 Å². The molecule has 0 aromatic rings. The molecule has 1 aliphatic rings.